The highest BCUT2D eigenvalue weighted by Gasteiger charge is 2.48. The van der Waals surface area contributed by atoms with Crippen LogP contribution in [0.5, 0.6) is 0 Å². The Hall–Kier alpha value is -3.09. The minimum absolute atomic E-state index is 0.0553. The summed E-state index contributed by atoms with van der Waals surface area (Å²) in [6, 6.07) is 13.6. The number of Topliss-reactive ketones (excluding diaryl/α,β-unsaturated/α-hetero) is 1. The molecule has 1 aliphatic rings. The average molecular weight is 429 g/mol. The monoisotopic (exact) mass is 428 g/mol. The molecule has 3 aromatic rings. The predicted octanol–water partition coefficient (Wildman–Crippen LogP) is 4.92. The molecule has 1 atom stereocenters. The highest BCUT2D eigenvalue weighted by atomic mass is 35.5. The summed E-state index contributed by atoms with van der Waals surface area (Å²) in [7, 11) is 0. The zero-order valence-electron chi connectivity index (χ0n) is 15.1. The molecule has 0 spiro atoms. The third-order valence-corrected chi connectivity index (χ3v) is 5.11. The van der Waals surface area contributed by atoms with Gasteiger partial charge in [0.25, 0.3) is 5.78 Å². The molecule has 1 N–H and O–H groups in total. The van der Waals surface area contributed by atoms with E-state index in [1.807, 2.05) is 0 Å². The minimum Gasteiger partial charge on any atom is -0.507 e. The SMILES string of the molecule is Cc1cc(N2C(=O)C(=O)C(=C(O)c3ccc(Cl)cc3)[C@H]2c2ccc(Cl)cc2)no1. The van der Waals surface area contributed by atoms with Crippen LogP contribution in [0.25, 0.3) is 5.76 Å². The Morgan fingerprint density at radius 2 is 1.62 bits per heavy atom. The zero-order chi connectivity index (χ0) is 20.7. The molecule has 0 aliphatic carbocycles. The van der Waals surface area contributed by atoms with Crippen LogP contribution < -0.4 is 4.90 Å². The lowest BCUT2D eigenvalue weighted by Crippen LogP contribution is -2.29. The standard InChI is InChI=1S/C21H14Cl2N2O4/c1-11-10-16(24-29-11)25-18(12-2-6-14(22)7-3-12)17(20(27)21(25)28)19(26)13-4-8-15(23)9-5-13/h2-10,18,26H,1H3/t18-/m1/s1. The van der Waals surface area contributed by atoms with Crippen LogP contribution in [0.15, 0.2) is 64.7 Å². The molecular formula is C21H14Cl2N2O4. The fourth-order valence-electron chi connectivity index (χ4n) is 3.26. The first-order valence-electron chi connectivity index (χ1n) is 8.62. The number of hydrogen-bond acceptors (Lipinski definition) is 5. The third kappa shape index (κ3) is 3.41. The molecule has 146 valence electrons. The minimum atomic E-state index is -0.896. The van der Waals surface area contributed by atoms with Crippen LogP contribution in [-0.2, 0) is 9.59 Å². The van der Waals surface area contributed by atoms with Crippen LogP contribution in [-0.4, -0.2) is 22.0 Å². The quantitative estimate of drug-likeness (QED) is 0.363. The number of halogens is 2. The lowest BCUT2D eigenvalue weighted by Gasteiger charge is -2.22. The van der Waals surface area contributed by atoms with E-state index in [2.05, 4.69) is 5.16 Å². The number of hydrogen-bond donors (Lipinski definition) is 1. The summed E-state index contributed by atoms with van der Waals surface area (Å²) in [6.45, 7) is 1.68. The highest BCUT2D eigenvalue weighted by molar-refractivity contribution is 6.51. The van der Waals surface area contributed by atoms with Crippen molar-refractivity contribution in [2.45, 2.75) is 13.0 Å². The van der Waals surface area contributed by atoms with E-state index < -0.39 is 17.7 Å². The third-order valence-electron chi connectivity index (χ3n) is 4.61. The number of aromatic nitrogens is 1. The molecule has 6 nitrogen and oxygen atoms in total. The largest absolute Gasteiger partial charge is 0.507 e. The second-order valence-electron chi connectivity index (χ2n) is 6.52. The molecule has 2 heterocycles. The Balaban J connectivity index is 1.93. The van der Waals surface area contributed by atoms with Crippen LogP contribution in [0.1, 0.15) is 22.9 Å². The molecule has 1 amide bonds. The van der Waals surface area contributed by atoms with E-state index in [1.54, 1.807) is 61.5 Å². The molecule has 8 heteroatoms. The second-order valence-corrected chi connectivity index (χ2v) is 7.40. The predicted molar refractivity (Wildman–Crippen MR) is 109 cm³/mol. The fourth-order valence-corrected chi connectivity index (χ4v) is 3.51. The summed E-state index contributed by atoms with van der Waals surface area (Å²) in [4.78, 5) is 27.0. The van der Waals surface area contributed by atoms with Gasteiger partial charge in [0.05, 0.1) is 11.6 Å². The lowest BCUT2D eigenvalue weighted by atomic mass is 9.95. The van der Waals surface area contributed by atoms with Crippen LogP contribution in [0, 0.1) is 6.92 Å². The van der Waals surface area contributed by atoms with Gasteiger partial charge < -0.3 is 9.63 Å². The first-order valence-corrected chi connectivity index (χ1v) is 9.38. The molecule has 2 aromatic carbocycles. The van der Waals surface area contributed by atoms with Gasteiger partial charge in [0.2, 0.25) is 0 Å². The maximum atomic E-state index is 12.9. The van der Waals surface area contributed by atoms with Gasteiger partial charge in [0.1, 0.15) is 11.5 Å². The van der Waals surface area contributed by atoms with Crippen molar-refractivity contribution in [1.82, 2.24) is 5.16 Å². The summed E-state index contributed by atoms with van der Waals surface area (Å²) in [6.07, 6.45) is 0. The number of benzene rings is 2. The number of aliphatic hydroxyl groups is 1. The van der Waals surface area contributed by atoms with Crippen molar-refractivity contribution in [3.05, 3.63) is 87.1 Å². The summed E-state index contributed by atoms with van der Waals surface area (Å²) in [5, 5.41) is 15.8. The molecule has 1 saturated heterocycles. The number of amides is 1. The van der Waals surface area contributed by atoms with Gasteiger partial charge in [0, 0.05) is 21.7 Å². The summed E-state index contributed by atoms with van der Waals surface area (Å²) >= 11 is 11.9. The normalized spacial score (nSPS) is 18.4. The van der Waals surface area contributed by atoms with Crippen LogP contribution in [0.2, 0.25) is 10.0 Å². The molecule has 0 bridgehead atoms. The van der Waals surface area contributed by atoms with E-state index in [0.717, 1.165) is 0 Å². The summed E-state index contributed by atoms with van der Waals surface area (Å²) in [5.41, 5.74) is 0.896. The number of carbonyl (C=O) groups is 2. The van der Waals surface area contributed by atoms with Crippen LogP contribution in [0.4, 0.5) is 5.82 Å². The summed E-state index contributed by atoms with van der Waals surface area (Å²) < 4.78 is 5.09. The van der Waals surface area contributed by atoms with E-state index >= 15 is 0 Å². The number of rotatable bonds is 3. The highest BCUT2D eigenvalue weighted by Crippen LogP contribution is 2.42. The summed E-state index contributed by atoms with van der Waals surface area (Å²) in [5.74, 6) is -1.27. The van der Waals surface area contributed by atoms with E-state index in [4.69, 9.17) is 27.7 Å². The Morgan fingerprint density at radius 1 is 1.03 bits per heavy atom. The maximum Gasteiger partial charge on any atom is 0.301 e. The number of ketones is 1. The molecule has 0 radical (unpaired) electrons. The number of aliphatic hydroxyl groups excluding tert-OH is 1. The number of carbonyl (C=O) groups excluding carboxylic acids is 2. The van der Waals surface area contributed by atoms with Gasteiger partial charge in [-0.05, 0) is 48.9 Å². The van der Waals surface area contributed by atoms with Crippen molar-refractivity contribution in [3.8, 4) is 0 Å². The Kier molecular flexibility index (Phi) is 4.90. The fraction of sp³-hybridized carbons (Fsp3) is 0.0952. The number of nitrogens with zero attached hydrogens (tertiary/aromatic N) is 2. The maximum absolute atomic E-state index is 12.9. The van der Waals surface area contributed by atoms with Gasteiger partial charge >= 0.3 is 5.91 Å². The molecule has 29 heavy (non-hydrogen) atoms. The topological polar surface area (TPSA) is 83.6 Å². The Morgan fingerprint density at radius 3 is 2.17 bits per heavy atom. The van der Waals surface area contributed by atoms with Gasteiger partial charge in [-0.2, -0.15) is 0 Å². The van der Waals surface area contributed by atoms with Crippen molar-refractivity contribution < 1.29 is 19.2 Å². The van der Waals surface area contributed by atoms with Crippen molar-refractivity contribution in [3.63, 3.8) is 0 Å². The van der Waals surface area contributed by atoms with Gasteiger partial charge in [-0.1, -0.05) is 40.5 Å². The molecule has 1 aliphatic heterocycles. The smallest absolute Gasteiger partial charge is 0.301 e. The van der Waals surface area contributed by atoms with Gasteiger partial charge in [0.15, 0.2) is 5.82 Å². The van der Waals surface area contributed by atoms with Crippen molar-refractivity contribution in [2.75, 3.05) is 4.90 Å². The van der Waals surface area contributed by atoms with Gasteiger partial charge in [-0.3, -0.25) is 14.5 Å². The van der Waals surface area contributed by atoms with Crippen LogP contribution >= 0.6 is 23.2 Å². The van der Waals surface area contributed by atoms with Crippen molar-refractivity contribution in [2.24, 2.45) is 0 Å². The second kappa shape index (κ2) is 7.39. The molecule has 0 unspecified atom stereocenters. The lowest BCUT2D eigenvalue weighted by molar-refractivity contribution is -0.132. The zero-order valence-corrected chi connectivity index (χ0v) is 16.6. The van der Waals surface area contributed by atoms with Gasteiger partial charge in [-0.15, -0.1) is 0 Å². The molecular weight excluding hydrogens is 415 g/mol. The Bertz CT molecular complexity index is 1130. The average Bonchev–Trinajstić information content (AvgIpc) is 3.24. The van der Waals surface area contributed by atoms with Crippen molar-refractivity contribution >= 4 is 46.5 Å². The molecule has 0 saturated carbocycles. The molecule has 1 aromatic heterocycles. The molecule has 4 rings (SSSR count). The number of aryl methyl sites for hydroxylation is 1. The van der Waals surface area contributed by atoms with E-state index in [9.17, 15) is 14.7 Å². The van der Waals surface area contributed by atoms with E-state index in [1.165, 1.54) is 4.90 Å². The van der Waals surface area contributed by atoms with Gasteiger partial charge in [-0.25, -0.2) is 0 Å². The van der Waals surface area contributed by atoms with Crippen LogP contribution in [0.3, 0.4) is 0 Å². The number of anilines is 1. The first kappa shape index (κ1) is 19.2. The molecule has 1 fully saturated rings. The first-order chi connectivity index (χ1) is 13.9. The van der Waals surface area contributed by atoms with Crippen molar-refractivity contribution in [1.29, 1.82) is 0 Å². The Labute approximate surface area is 175 Å². The van der Waals surface area contributed by atoms with E-state index in [0.29, 0.717) is 26.9 Å². The van der Waals surface area contributed by atoms with E-state index in [-0.39, 0.29) is 17.2 Å².